The second-order valence-electron chi connectivity index (χ2n) is 5.09. The summed E-state index contributed by atoms with van der Waals surface area (Å²) in [7, 11) is 0. The molecule has 120 valence electrons. The average Bonchev–Trinajstić information content (AvgIpc) is 3.05. The first-order valence-corrected chi connectivity index (χ1v) is 7.12. The van der Waals surface area contributed by atoms with Gasteiger partial charge in [0.1, 0.15) is 11.6 Å². The first-order chi connectivity index (χ1) is 11.5. The summed E-state index contributed by atoms with van der Waals surface area (Å²) in [6.45, 7) is 1.82. The highest BCUT2D eigenvalue weighted by atomic mass is 16.6. The number of nitrogens with one attached hydrogen (secondary N) is 1. The topological polar surface area (TPSA) is 98.3 Å². The van der Waals surface area contributed by atoms with Crippen molar-refractivity contribution in [3.05, 3.63) is 76.2 Å². The van der Waals surface area contributed by atoms with Crippen LogP contribution in [0.5, 0.6) is 0 Å². The molecule has 1 N–H and O–H groups in total. The Morgan fingerprint density at radius 2 is 1.96 bits per heavy atom. The van der Waals surface area contributed by atoms with Crippen LogP contribution in [0.25, 0.3) is 11.3 Å². The zero-order chi connectivity index (χ0) is 17.1. The molecular formula is C17H13N3O4. The second kappa shape index (κ2) is 6.33. The van der Waals surface area contributed by atoms with Gasteiger partial charge in [-0.15, -0.1) is 0 Å². The fourth-order valence-electron chi connectivity index (χ4n) is 2.18. The van der Waals surface area contributed by atoms with Crippen molar-refractivity contribution in [3.63, 3.8) is 0 Å². The molecule has 0 radical (unpaired) electrons. The zero-order valence-corrected chi connectivity index (χ0v) is 12.7. The first kappa shape index (κ1) is 15.4. The number of furan rings is 1. The number of aryl methyl sites for hydroxylation is 1. The quantitative estimate of drug-likeness (QED) is 0.581. The van der Waals surface area contributed by atoms with Gasteiger partial charge in [-0.2, -0.15) is 0 Å². The minimum atomic E-state index is -0.483. The molecule has 0 aliphatic carbocycles. The van der Waals surface area contributed by atoms with Gasteiger partial charge in [0, 0.05) is 23.4 Å². The molecule has 1 amide bonds. The summed E-state index contributed by atoms with van der Waals surface area (Å²) in [6, 6.07) is 14.4. The van der Waals surface area contributed by atoms with Crippen LogP contribution in [-0.4, -0.2) is 15.8 Å². The van der Waals surface area contributed by atoms with Crippen LogP contribution in [0, 0.1) is 17.0 Å². The normalized spacial score (nSPS) is 10.4. The number of aromatic nitrogens is 1. The van der Waals surface area contributed by atoms with Crippen LogP contribution >= 0.6 is 0 Å². The molecule has 7 heteroatoms. The van der Waals surface area contributed by atoms with E-state index < -0.39 is 10.8 Å². The number of carbonyl (C=O) groups is 1. The highest BCUT2D eigenvalue weighted by Gasteiger charge is 2.14. The summed E-state index contributed by atoms with van der Waals surface area (Å²) in [4.78, 5) is 26.7. The van der Waals surface area contributed by atoms with Gasteiger partial charge in [-0.3, -0.25) is 14.9 Å². The van der Waals surface area contributed by atoms with E-state index in [-0.39, 0.29) is 11.4 Å². The van der Waals surface area contributed by atoms with Crippen LogP contribution in [0.2, 0.25) is 0 Å². The standard InChI is InChI=1S/C17H13N3O4/c1-11-4-2-7-16(18-11)19-17(21)15-9-8-14(24-15)12-5-3-6-13(10-12)20(22)23/h2-10H,1H3,(H,18,19,21). The number of rotatable bonds is 4. The smallest absolute Gasteiger partial charge is 0.292 e. The second-order valence-corrected chi connectivity index (χ2v) is 5.09. The number of nitro benzene ring substituents is 1. The Bertz CT molecular complexity index is 917. The zero-order valence-electron chi connectivity index (χ0n) is 12.7. The third-order valence-corrected chi connectivity index (χ3v) is 3.30. The van der Waals surface area contributed by atoms with Crippen molar-refractivity contribution in [2.45, 2.75) is 6.92 Å². The van der Waals surface area contributed by atoms with Gasteiger partial charge in [-0.1, -0.05) is 18.2 Å². The summed E-state index contributed by atoms with van der Waals surface area (Å²) in [5.74, 6) is 0.457. The van der Waals surface area contributed by atoms with Crippen molar-refractivity contribution in [2.24, 2.45) is 0 Å². The number of amides is 1. The van der Waals surface area contributed by atoms with Gasteiger partial charge in [0.2, 0.25) is 0 Å². The number of anilines is 1. The van der Waals surface area contributed by atoms with Crippen molar-refractivity contribution in [2.75, 3.05) is 5.32 Å². The van der Waals surface area contributed by atoms with E-state index in [0.29, 0.717) is 17.1 Å². The molecule has 0 aliphatic heterocycles. The molecule has 2 aromatic heterocycles. The fraction of sp³-hybridized carbons (Fsp3) is 0.0588. The maximum absolute atomic E-state index is 12.2. The molecule has 7 nitrogen and oxygen atoms in total. The van der Waals surface area contributed by atoms with E-state index in [1.165, 1.54) is 18.2 Å². The summed E-state index contributed by atoms with van der Waals surface area (Å²) in [5, 5.41) is 13.5. The Hall–Kier alpha value is -3.48. The number of benzene rings is 1. The SMILES string of the molecule is Cc1cccc(NC(=O)c2ccc(-c3cccc([N+](=O)[O-])c3)o2)n1. The Labute approximate surface area is 137 Å². The highest BCUT2D eigenvalue weighted by molar-refractivity contribution is 6.02. The monoisotopic (exact) mass is 323 g/mol. The predicted molar refractivity (Wildman–Crippen MR) is 87.7 cm³/mol. The summed E-state index contributed by atoms with van der Waals surface area (Å²) in [5.41, 5.74) is 1.26. The molecule has 2 heterocycles. The maximum Gasteiger partial charge on any atom is 0.292 e. The lowest BCUT2D eigenvalue weighted by Crippen LogP contribution is -2.12. The van der Waals surface area contributed by atoms with E-state index in [1.54, 1.807) is 30.3 Å². The van der Waals surface area contributed by atoms with Gasteiger partial charge < -0.3 is 9.73 Å². The average molecular weight is 323 g/mol. The lowest BCUT2D eigenvalue weighted by Gasteiger charge is -2.03. The number of nitro groups is 1. The Morgan fingerprint density at radius 3 is 2.71 bits per heavy atom. The van der Waals surface area contributed by atoms with Crippen LogP contribution in [-0.2, 0) is 0 Å². The lowest BCUT2D eigenvalue weighted by atomic mass is 10.1. The third kappa shape index (κ3) is 3.30. The molecule has 1 aromatic carbocycles. The molecule has 0 saturated heterocycles. The minimum Gasteiger partial charge on any atom is -0.451 e. The van der Waals surface area contributed by atoms with Gasteiger partial charge in [-0.05, 0) is 31.2 Å². The molecule has 0 saturated carbocycles. The predicted octanol–water partition coefficient (Wildman–Crippen LogP) is 3.81. The third-order valence-electron chi connectivity index (χ3n) is 3.30. The van der Waals surface area contributed by atoms with Crippen molar-refractivity contribution < 1.29 is 14.1 Å². The molecule has 0 bridgehead atoms. The van der Waals surface area contributed by atoms with E-state index in [2.05, 4.69) is 10.3 Å². The van der Waals surface area contributed by atoms with Crippen LogP contribution in [0.4, 0.5) is 11.5 Å². The van der Waals surface area contributed by atoms with Gasteiger partial charge in [0.25, 0.3) is 11.6 Å². The molecule has 24 heavy (non-hydrogen) atoms. The highest BCUT2D eigenvalue weighted by Crippen LogP contribution is 2.26. The molecule has 3 rings (SSSR count). The van der Waals surface area contributed by atoms with E-state index in [0.717, 1.165) is 5.69 Å². The minimum absolute atomic E-state index is 0.0427. The van der Waals surface area contributed by atoms with Gasteiger partial charge in [0.05, 0.1) is 4.92 Å². The summed E-state index contributed by atoms with van der Waals surface area (Å²) >= 11 is 0. The number of pyridine rings is 1. The molecule has 3 aromatic rings. The number of nitrogens with zero attached hydrogens (tertiary/aromatic N) is 2. The lowest BCUT2D eigenvalue weighted by molar-refractivity contribution is -0.384. The van der Waals surface area contributed by atoms with Crippen LogP contribution < -0.4 is 5.32 Å². The number of hydrogen-bond acceptors (Lipinski definition) is 5. The summed E-state index contributed by atoms with van der Waals surface area (Å²) in [6.07, 6.45) is 0. The number of hydrogen-bond donors (Lipinski definition) is 1. The van der Waals surface area contributed by atoms with E-state index in [4.69, 9.17) is 4.42 Å². The van der Waals surface area contributed by atoms with Crippen LogP contribution in [0.1, 0.15) is 16.2 Å². The molecule has 0 spiro atoms. The van der Waals surface area contributed by atoms with E-state index in [9.17, 15) is 14.9 Å². The fourth-order valence-corrected chi connectivity index (χ4v) is 2.18. The van der Waals surface area contributed by atoms with Crippen LogP contribution in [0.3, 0.4) is 0 Å². The Balaban J connectivity index is 1.81. The van der Waals surface area contributed by atoms with E-state index >= 15 is 0 Å². The molecular weight excluding hydrogens is 310 g/mol. The largest absolute Gasteiger partial charge is 0.451 e. The first-order valence-electron chi connectivity index (χ1n) is 7.12. The Kier molecular flexibility index (Phi) is 4.07. The van der Waals surface area contributed by atoms with Gasteiger partial charge >= 0.3 is 0 Å². The molecule has 0 fully saturated rings. The van der Waals surface area contributed by atoms with Crippen molar-refractivity contribution in [1.29, 1.82) is 0 Å². The number of non-ortho nitro benzene ring substituents is 1. The number of carbonyl (C=O) groups excluding carboxylic acids is 1. The molecule has 0 aliphatic rings. The molecule has 0 unspecified atom stereocenters. The van der Waals surface area contributed by atoms with Crippen molar-refractivity contribution >= 4 is 17.4 Å². The molecule has 0 atom stereocenters. The van der Waals surface area contributed by atoms with E-state index in [1.807, 2.05) is 13.0 Å². The van der Waals surface area contributed by atoms with Gasteiger partial charge in [0.15, 0.2) is 5.76 Å². The van der Waals surface area contributed by atoms with Crippen molar-refractivity contribution in [1.82, 2.24) is 4.98 Å². The summed E-state index contributed by atoms with van der Waals surface area (Å²) < 4.78 is 5.51. The van der Waals surface area contributed by atoms with Crippen molar-refractivity contribution in [3.8, 4) is 11.3 Å². The Morgan fingerprint density at radius 1 is 1.17 bits per heavy atom. The van der Waals surface area contributed by atoms with Crippen LogP contribution in [0.15, 0.2) is 59.0 Å². The van der Waals surface area contributed by atoms with Gasteiger partial charge in [-0.25, -0.2) is 4.98 Å². The maximum atomic E-state index is 12.2.